The minimum absolute atomic E-state index is 0.130. The van der Waals surface area contributed by atoms with Crippen LogP contribution in [0.15, 0.2) is 0 Å². The molecule has 1 heterocycles. The van der Waals surface area contributed by atoms with Crippen LogP contribution >= 0.6 is 21.2 Å². The van der Waals surface area contributed by atoms with Crippen molar-refractivity contribution in [2.45, 2.75) is 32.7 Å². The van der Waals surface area contributed by atoms with E-state index in [9.17, 15) is 8.42 Å². The zero-order chi connectivity index (χ0) is 11.7. The van der Waals surface area contributed by atoms with E-state index in [4.69, 9.17) is 0 Å². The number of halogens is 1. The maximum Gasteiger partial charge on any atom is 0.267 e. The van der Waals surface area contributed by atoms with Crippen LogP contribution in [-0.4, -0.2) is 49.3 Å². The van der Waals surface area contributed by atoms with E-state index in [0.717, 1.165) is 19.5 Å². The summed E-state index contributed by atoms with van der Waals surface area (Å²) in [5.74, 6) is 0. The number of hydrogen-bond acceptors (Lipinski definition) is 3. The molecule has 1 rings (SSSR count). The Morgan fingerprint density at radius 3 is 2.13 bits per heavy atom. The second-order valence-corrected chi connectivity index (χ2v) is 9.53. The largest absolute Gasteiger partial charge is 0.297 e. The third-order valence-corrected chi connectivity index (χ3v) is 5.37. The molecule has 0 spiro atoms. The average molecular weight is 346 g/mol. The van der Waals surface area contributed by atoms with Crippen molar-refractivity contribution in [3.8, 4) is 0 Å². The Bertz CT molecular complexity index is 311. The molecule has 90 valence electrons. The van der Waals surface area contributed by atoms with Gasteiger partial charge < -0.3 is 0 Å². The van der Waals surface area contributed by atoms with E-state index in [-0.39, 0.29) is 5.54 Å². The second-order valence-electron chi connectivity index (χ2n) is 4.85. The third-order valence-electron chi connectivity index (χ3n) is 2.71. The molecule has 1 fully saturated rings. The van der Waals surface area contributed by atoms with E-state index in [2.05, 4.69) is 25.7 Å². The molecule has 0 aliphatic carbocycles. The highest BCUT2D eigenvalue weighted by molar-refractivity contribution is 14.2. The lowest BCUT2D eigenvalue weighted by atomic mass is 10.1. The SMILES string of the molecule is CC(C)(C)N1CCCN(S(=O)(=O)I)CC1. The second kappa shape index (κ2) is 4.85. The molecule has 0 amide bonds. The Labute approximate surface area is 105 Å². The van der Waals surface area contributed by atoms with Gasteiger partial charge in [-0.2, -0.15) is 4.31 Å². The molecule has 0 atom stereocenters. The molecule has 1 aliphatic rings. The lowest BCUT2D eigenvalue weighted by Crippen LogP contribution is -2.43. The van der Waals surface area contributed by atoms with Gasteiger partial charge in [-0.25, -0.2) is 8.42 Å². The van der Waals surface area contributed by atoms with E-state index in [1.165, 1.54) is 21.2 Å². The van der Waals surface area contributed by atoms with Gasteiger partial charge in [0.05, 0.1) is 21.2 Å². The molecule has 4 nitrogen and oxygen atoms in total. The van der Waals surface area contributed by atoms with Crippen LogP contribution in [0.3, 0.4) is 0 Å². The fraction of sp³-hybridized carbons (Fsp3) is 1.00. The van der Waals surface area contributed by atoms with Gasteiger partial charge in [0.25, 0.3) is 7.19 Å². The van der Waals surface area contributed by atoms with Crippen LogP contribution in [-0.2, 0) is 7.19 Å². The van der Waals surface area contributed by atoms with Crippen LogP contribution in [0.25, 0.3) is 0 Å². The molecular formula is C9H19IN2O2S. The standard InChI is InChI=1S/C9H19IN2O2S/c1-9(2,3)11-5-4-6-12(8-7-11)15(10,13)14/h4-8H2,1-3H3. The number of rotatable bonds is 1. The molecular weight excluding hydrogens is 327 g/mol. The number of nitrogens with zero attached hydrogens (tertiary/aromatic N) is 2. The maximum absolute atomic E-state index is 11.4. The summed E-state index contributed by atoms with van der Waals surface area (Å²) in [5.41, 5.74) is 0.130. The average Bonchev–Trinajstić information content (AvgIpc) is 2.24. The quantitative estimate of drug-likeness (QED) is 0.533. The van der Waals surface area contributed by atoms with Crippen LogP contribution in [0.1, 0.15) is 27.2 Å². The molecule has 0 N–H and O–H groups in total. The molecule has 0 unspecified atom stereocenters. The van der Waals surface area contributed by atoms with Gasteiger partial charge in [0.2, 0.25) is 0 Å². The van der Waals surface area contributed by atoms with Crippen molar-refractivity contribution in [2.75, 3.05) is 26.2 Å². The highest BCUT2D eigenvalue weighted by Gasteiger charge is 2.27. The molecule has 0 aromatic rings. The van der Waals surface area contributed by atoms with Crippen LogP contribution in [0.2, 0.25) is 0 Å². The first-order valence-corrected chi connectivity index (χ1v) is 9.14. The highest BCUT2D eigenvalue weighted by Crippen LogP contribution is 2.19. The zero-order valence-corrected chi connectivity index (χ0v) is 12.5. The minimum Gasteiger partial charge on any atom is -0.297 e. The fourth-order valence-electron chi connectivity index (χ4n) is 1.78. The summed E-state index contributed by atoms with van der Waals surface area (Å²) in [4.78, 5) is 2.34. The summed E-state index contributed by atoms with van der Waals surface area (Å²) in [6, 6.07) is 0. The number of hydrogen-bond donors (Lipinski definition) is 0. The normalized spacial score (nSPS) is 22.7. The van der Waals surface area contributed by atoms with Crippen LogP contribution in [0, 0.1) is 0 Å². The molecule has 6 heteroatoms. The lowest BCUT2D eigenvalue weighted by Gasteiger charge is -2.34. The van der Waals surface area contributed by atoms with Crippen molar-refractivity contribution in [1.29, 1.82) is 0 Å². The van der Waals surface area contributed by atoms with Crippen LogP contribution in [0.5, 0.6) is 0 Å². The third kappa shape index (κ3) is 4.16. The van der Waals surface area contributed by atoms with Gasteiger partial charge in [0.1, 0.15) is 0 Å². The minimum atomic E-state index is -3.04. The fourth-order valence-corrected chi connectivity index (χ4v) is 3.61. The van der Waals surface area contributed by atoms with Gasteiger partial charge in [-0.3, -0.25) is 4.90 Å². The maximum atomic E-state index is 11.4. The molecule has 0 bridgehead atoms. The van der Waals surface area contributed by atoms with Crippen molar-refractivity contribution in [2.24, 2.45) is 0 Å². The Balaban J connectivity index is 2.65. The van der Waals surface area contributed by atoms with Gasteiger partial charge in [0.15, 0.2) is 0 Å². The van der Waals surface area contributed by atoms with Crippen molar-refractivity contribution >= 4 is 28.4 Å². The van der Waals surface area contributed by atoms with E-state index in [1.807, 2.05) is 0 Å². The Morgan fingerprint density at radius 1 is 1.07 bits per heavy atom. The molecule has 1 aliphatic heterocycles. The summed E-state index contributed by atoms with van der Waals surface area (Å²) in [5, 5.41) is 0. The molecule has 15 heavy (non-hydrogen) atoms. The smallest absolute Gasteiger partial charge is 0.267 e. The Hall–Kier alpha value is 0.600. The monoisotopic (exact) mass is 346 g/mol. The first kappa shape index (κ1) is 13.7. The topological polar surface area (TPSA) is 40.6 Å². The van der Waals surface area contributed by atoms with E-state index in [0.29, 0.717) is 13.1 Å². The molecule has 0 radical (unpaired) electrons. The van der Waals surface area contributed by atoms with Gasteiger partial charge >= 0.3 is 0 Å². The molecule has 1 saturated heterocycles. The van der Waals surface area contributed by atoms with E-state index < -0.39 is 7.19 Å². The Kier molecular flexibility index (Phi) is 4.42. The van der Waals surface area contributed by atoms with Crippen LogP contribution in [0.4, 0.5) is 0 Å². The summed E-state index contributed by atoms with van der Waals surface area (Å²) >= 11 is 1.52. The first-order chi connectivity index (χ1) is 6.71. The predicted molar refractivity (Wildman–Crippen MR) is 70.5 cm³/mol. The van der Waals surface area contributed by atoms with Gasteiger partial charge in [-0.1, -0.05) is 0 Å². The van der Waals surface area contributed by atoms with Gasteiger partial charge in [-0.05, 0) is 33.7 Å². The van der Waals surface area contributed by atoms with Crippen molar-refractivity contribution in [3.63, 3.8) is 0 Å². The Morgan fingerprint density at radius 2 is 1.67 bits per heavy atom. The summed E-state index contributed by atoms with van der Waals surface area (Å²) < 4.78 is 24.3. The summed E-state index contributed by atoms with van der Waals surface area (Å²) in [7, 11) is -3.04. The van der Waals surface area contributed by atoms with Crippen molar-refractivity contribution in [1.82, 2.24) is 9.21 Å². The van der Waals surface area contributed by atoms with Gasteiger partial charge in [-0.15, -0.1) is 0 Å². The van der Waals surface area contributed by atoms with E-state index in [1.54, 1.807) is 4.31 Å². The van der Waals surface area contributed by atoms with Gasteiger partial charge in [0, 0.05) is 25.2 Å². The van der Waals surface area contributed by atoms with Crippen LogP contribution < -0.4 is 0 Å². The summed E-state index contributed by atoms with van der Waals surface area (Å²) in [6.45, 7) is 9.57. The van der Waals surface area contributed by atoms with E-state index >= 15 is 0 Å². The molecule has 0 saturated carbocycles. The molecule has 0 aromatic carbocycles. The molecule has 0 aromatic heterocycles. The highest BCUT2D eigenvalue weighted by atomic mass is 127. The zero-order valence-electron chi connectivity index (χ0n) is 9.53. The summed E-state index contributed by atoms with van der Waals surface area (Å²) in [6.07, 6.45) is 0.916. The predicted octanol–water partition coefficient (Wildman–Crippen LogP) is 1.47. The first-order valence-electron chi connectivity index (χ1n) is 5.16. The van der Waals surface area contributed by atoms with Crippen molar-refractivity contribution < 1.29 is 8.42 Å². The lowest BCUT2D eigenvalue weighted by molar-refractivity contribution is 0.145. The van der Waals surface area contributed by atoms with Crippen molar-refractivity contribution in [3.05, 3.63) is 0 Å².